The van der Waals surface area contributed by atoms with Crippen LogP contribution in [0.5, 0.6) is 0 Å². The Hall–Kier alpha value is -0.900. The molecule has 19 heavy (non-hydrogen) atoms. The van der Waals surface area contributed by atoms with Crippen LogP contribution in [-0.2, 0) is 10.0 Å². The molecular formula is C13H15BrN2O2S. The second-order valence-corrected chi connectivity index (χ2v) is 7.40. The summed E-state index contributed by atoms with van der Waals surface area (Å²) in [5.41, 5.74) is 0.696. The fourth-order valence-corrected chi connectivity index (χ4v) is 4.48. The lowest BCUT2D eigenvalue weighted by Crippen LogP contribution is -2.37. The average molecular weight is 343 g/mol. The fraction of sp³-hybridized carbons (Fsp3) is 0.462. The van der Waals surface area contributed by atoms with Gasteiger partial charge in [-0.25, -0.2) is 13.1 Å². The number of rotatable bonds is 3. The van der Waals surface area contributed by atoms with Gasteiger partial charge in [0.1, 0.15) is 0 Å². The summed E-state index contributed by atoms with van der Waals surface area (Å²) in [6.45, 7) is 1.76. The number of nitriles is 1. The summed E-state index contributed by atoms with van der Waals surface area (Å²) in [6.07, 6.45) is 2.38. The second kappa shape index (κ2) is 5.61. The maximum Gasteiger partial charge on any atom is 0.241 e. The molecule has 102 valence electrons. The number of aryl methyl sites for hydroxylation is 1. The Morgan fingerprint density at radius 2 is 2.16 bits per heavy atom. The van der Waals surface area contributed by atoms with E-state index in [1.54, 1.807) is 19.1 Å². The number of hydrogen-bond donors (Lipinski definition) is 1. The second-order valence-electron chi connectivity index (χ2n) is 4.80. The Kier molecular flexibility index (Phi) is 4.29. The van der Waals surface area contributed by atoms with Crippen LogP contribution in [-0.4, -0.2) is 14.5 Å². The molecule has 0 saturated heterocycles. The van der Waals surface area contributed by atoms with Crippen LogP contribution < -0.4 is 4.72 Å². The van der Waals surface area contributed by atoms with Crippen LogP contribution >= 0.6 is 15.9 Å². The van der Waals surface area contributed by atoms with E-state index < -0.39 is 10.0 Å². The molecule has 1 aliphatic rings. The molecule has 0 aromatic heterocycles. The molecular weight excluding hydrogens is 328 g/mol. The fourth-order valence-electron chi connectivity index (χ4n) is 2.38. The maximum atomic E-state index is 12.4. The van der Waals surface area contributed by atoms with E-state index in [4.69, 9.17) is 5.26 Å². The molecule has 0 bridgehead atoms. The van der Waals surface area contributed by atoms with Crippen molar-refractivity contribution in [1.82, 2.24) is 4.72 Å². The first kappa shape index (κ1) is 14.5. The van der Waals surface area contributed by atoms with E-state index in [2.05, 4.69) is 26.7 Å². The summed E-state index contributed by atoms with van der Waals surface area (Å²) in [6, 6.07) is 7.07. The van der Waals surface area contributed by atoms with Gasteiger partial charge in [0, 0.05) is 10.5 Å². The summed E-state index contributed by atoms with van der Waals surface area (Å²) >= 11 is 3.28. The smallest absolute Gasteiger partial charge is 0.207 e. The lowest BCUT2D eigenvalue weighted by Gasteiger charge is -2.17. The molecule has 1 saturated carbocycles. The first-order chi connectivity index (χ1) is 8.94. The van der Waals surface area contributed by atoms with Gasteiger partial charge in [-0.2, -0.15) is 5.26 Å². The van der Waals surface area contributed by atoms with Crippen molar-refractivity contribution in [3.05, 3.63) is 28.2 Å². The van der Waals surface area contributed by atoms with E-state index >= 15 is 0 Å². The quantitative estimate of drug-likeness (QED) is 0.917. The molecule has 1 fully saturated rings. The number of halogens is 1. The van der Waals surface area contributed by atoms with Crippen LogP contribution in [0.25, 0.3) is 0 Å². The van der Waals surface area contributed by atoms with Gasteiger partial charge < -0.3 is 0 Å². The van der Waals surface area contributed by atoms with Crippen molar-refractivity contribution in [2.24, 2.45) is 5.92 Å². The van der Waals surface area contributed by atoms with Gasteiger partial charge in [0.2, 0.25) is 10.0 Å². The lowest BCUT2D eigenvalue weighted by atomic mass is 10.1. The Morgan fingerprint density at radius 1 is 1.42 bits per heavy atom. The molecule has 2 rings (SSSR count). The van der Waals surface area contributed by atoms with Crippen molar-refractivity contribution in [1.29, 1.82) is 5.26 Å². The predicted octanol–water partition coefficient (Wildman–Crippen LogP) is 2.73. The molecule has 1 aliphatic carbocycles. The van der Waals surface area contributed by atoms with Crippen molar-refractivity contribution in [3.8, 4) is 6.07 Å². The highest BCUT2D eigenvalue weighted by Crippen LogP contribution is 2.27. The number of hydrogen-bond acceptors (Lipinski definition) is 3. The number of nitrogens with one attached hydrogen (secondary N) is 1. The van der Waals surface area contributed by atoms with E-state index in [0.29, 0.717) is 5.56 Å². The van der Waals surface area contributed by atoms with Gasteiger partial charge in [-0.3, -0.25) is 0 Å². The first-order valence-electron chi connectivity index (χ1n) is 6.12. The van der Waals surface area contributed by atoms with E-state index in [0.717, 1.165) is 23.7 Å². The predicted molar refractivity (Wildman–Crippen MR) is 75.9 cm³/mol. The minimum atomic E-state index is -3.57. The lowest BCUT2D eigenvalue weighted by molar-refractivity contribution is 0.515. The van der Waals surface area contributed by atoms with Crippen molar-refractivity contribution in [2.75, 3.05) is 0 Å². The third kappa shape index (κ3) is 3.16. The third-order valence-electron chi connectivity index (χ3n) is 3.43. The van der Waals surface area contributed by atoms with Crippen molar-refractivity contribution in [3.63, 3.8) is 0 Å². The SMILES string of the molecule is Cc1ccc(Br)cc1S(=O)(=O)NC1CCCC1C#N. The summed E-state index contributed by atoms with van der Waals surface area (Å²) < 4.78 is 28.2. The number of benzene rings is 1. The van der Waals surface area contributed by atoms with Crippen molar-refractivity contribution in [2.45, 2.75) is 37.1 Å². The van der Waals surface area contributed by atoms with Crippen LogP contribution in [0.3, 0.4) is 0 Å². The van der Waals surface area contributed by atoms with E-state index in [-0.39, 0.29) is 16.9 Å². The molecule has 0 amide bonds. The Morgan fingerprint density at radius 3 is 2.84 bits per heavy atom. The van der Waals surface area contributed by atoms with Gasteiger partial charge in [0.05, 0.1) is 16.9 Å². The zero-order chi connectivity index (χ0) is 14.0. The molecule has 2 atom stereocenters. The normalized spacial score (nSPS) is 23.2. The van der Waals surface area contributed by atoms with Crippen LogP contribution in [0.4, 0.5) is 0 Å². The summed E-state index contributed by atoms with van der Waals surface area (Å²) in [5.74, 6) is -0.220. The summed E-state index contributed by atoms with van der Waals surface area (Å²) in [5, 5.41) is 9.01. The van der Waals surface area contributed by atoms with E-state index in [9.17, 15) is 8.42 Å². The highest BCUT2D eigenvalue weighted by molar-refractivity contribution is 9.10. The van der Waals surface area contributed by atoms with Gasteiger partial charge in [-0.1, -0.05) is 28.4 Å². The maximum absolute atomic E-state index is 12.4. The molecule has 0 radical (unpaired) electrons. The number of nitrogens with zero attached hydrogens (tertiary/aromatic N) is 1. The Labute approximate surface area is 122 Å². The van der Waals surface area contributed by atoms with E-state index in [1.165, 1.54) is 0 Å². The zero-order valence-electron chi connectivity index (χ0n) is 10.6. The average Bonchev–Trinajstić information content (AvgIpc) is 2.78. The topological polar surface area (TPSA) is 70.0 Å². The molecule has 0 spiro atoms. The summed E-state index contributed by atoms with van der Waals surface area (Å²) in [4.78, 5) is 0.269. The molecule has 6 heteroatoms. The Bertz CT molecular complexity index is 622. The van der Waals surface area contributed by atoms with Gasteiger partial charge in [0.15, 0.2) is 0 Å². The van der Waals surface area contributed by atoms with Crippen molar-refractivity contribution < 1.29 is 8.42 Å². The number of sulfonamides is 1. The van der Waals surface area contributed by atoms with Crippen LogP contribution in [0.1, 0.15) is 24.8 Å². The van der Waals surface area contributed by atoms with E-state index in [1.807, 2.05) is 6.07 Å². The molecule has 0 aliphatic heterocycles. The highest BCUT2D eigenvalue weighted by Gasteiger charge is 2.31. The summed E-state index contributed by atoms with van der Waals surface area (Å²) in [7, 11) is -3.57. The molecule has 1 aromatic carbocycles. The van der Waals surface area contributed by atoms with Crippen LogP contribution in [0.15, 0.2) is 27.6 Å². The standard InChI is InChI=1S/C13H15BrN2O2S/c1-9-5-6-11(14)7-13(9)19(17,18)16-12-4-2-3-10(12)8-15/h5-7,10,12,16H,2-4H2,1H3. The van der Waals surface area contributed by atoms with Crippen LogP contribution in [0, 0.1) is 24.2 Å². The monoisotopic (exact) mass is 342 g/mol. The van der Waals surface area contributed by atoms with Crippen LogP contribution in [0.2, 0.25) is 0 Å². The van der Waals surface area contributed by atoms with Gasteiger partial charge in [-0.05, 0) is 37.5 Å². The largest absolute Gasteiger partial charge is 0.241 e. The first-order valence-corrected chi connectivity index (χ1v) is 8.40. The minimum absolute atomic E-state index is 0.220. The van der Waals surface area contributed by atoms with Gasteiger partial charge in [0.25, 0.3) is 0 Å². The van der Waals surface area contributed by atoms with Crippen molar-refractivity contribution >= 4 is 26.0 Å². The zero-order valence-corrected chi connectivity index (χ0v) is 13.0. The third-order valence-corrected chi connectivity index (χ3v) is 5.55. The van der Waals surface area contributed by atoms with Gasteiger partial charge in [-0.15, -0.1) is 0 Å². The molecule has 0 heterocycles. The highest BCUT2D eigenvalue weighted by atomic mass is 79.9. The molecule has 1 aromatic rings. The Balaban J connectivity index is 2.28. The molecule has 1 N–H and O–H groups in total. The minimum Gasteiger partial charge on any atom is -0.207 e. The molecule has 4 nitrogen and oxygen atoms in total. The van der Waals surface area contributed by atoms with Gasteiger partial charge >= 0.3 is 0 Å². The molecule has 2 unspecified atom stereocenters.